The zero-order valence-corrected chi connectivity index (χ0v) is 18.9. The highest BCUT2D eigenvalue weighted by molar-refractivity contribution is 7.15. The highest BCUT2D eigenvalue weighted by Gasteiger charge is 2.58. The van der Waals surface area contributed by atoms with Gasteiger partial charge in [0.1, 0.15) is 5.01 Å². The summed E-state index contributed by atoms with van der Waals surface area (Å²) in [6.07, 6.45) is 6.09. The summed E-state index contributed by atoms with van der Waals surface area (Å²) in [5, 5.41) is 12.2. The van der Waals surface area contributed by atoms with Crippen molar-refractivity contribution in [3.63, 3.8) is 0 Å². The molecule has 3 aliphatic carbocycles. The van der Waals surface area contributed by atoms with E-state index < -0.39 is 6.04 Å². The summed E-state index contributed by atoms with van der Waals surface area (Å²) in [4.78, 5) is 41.3. The normalized spacial score (nSPS) is 27.2. The zero-order chi connectivity index (χ0) is 22.4. The number of amides is 3. The standard InChI is InChI=1S/C24H26N4O3S/c1-13(2)21-26-27-24(32-21)25-18(29)12-17(14-6-4-3-5-7-14)28-22(30)19-15-8-9-16(11-10-15)20(19)23(28)31/h3-9,13,15-17,19-20H,10-12H2,1-2H3,(H,25,27,29). The molecule has 5 unspecified atom stereocenters. The van der Waals surface area contributed by atoms with Gasteiger partial charge in [0.15, 0.2) is 0 Å². The second-order valence-corrected chi connectivity index (χ2v) is 10.2. The molecule has 5 atom stereocenters. The van der Waals surface area contributed by atoms with Crippen LogP contribution in [0.3, 0.4) is 0 Å². The molecule has 6 rings (SSSR count). The van der Waals surface area contributed by atoms with E-state index in [1.54, 1.807) is 0 Å². The molecule has 1 aromatic heterocycles. The van der Waals surface area contributed by atoms with Gasteiger partial charge < -0.3 is 5.32 Å². The molecule has 1 N–H and O–H groups in total. The highest BCUT2D eigenvalue weighted by atomic mass is 32.1. The number of fused-ring (bicyclic) bond motifs is 1. The van der Waals surface area contributed by atoms with E-state index in [1.807, 2.05) is 44.2 Å². The van der Waals surface area contributed by atoms with Crippen molar-refractivity contribution in [1.29, 1.82) is 0 Å². The van der Waals surface area contributed by atoms with Gasteiger partial charge in [0.25, 0.3) is 0 Å². The molecule has 1 saturated heterocycles. The Morgan fingerprint density at radius 2 is 1.69 bits per heavy atom. The molecule has 8 heteroatoms. The van der Waals surface area contributed by atoms with Gasteiger partial charge in [-0.15, -0.1) is 10.2 Å². The summed E-state index contributed by atoms with van der Waals surface area (Å²) < 4.78 is 0. The summed E-state index contributed by atoms with van der Waals surface area (Å²) in [5.41, 5.74) is 0.781. The molecular weight excluding hydrogens is 424 g/mol. The Morgan fingerprint density at radius 1 is 1.06 bits per heavy atom. The van der Waals surface area contributed by atoms with Gasteiger partial charge in [0.2, 0.25) is 22.9 Å². The van der Waals surface area contributed by atoms with Gasteiger partial charge in [0.05, 0.1) is 24.3 Å². The van der Waals surface area contributed by atoms with Crippen LogP contribution in [0, 0.1) is 23.7 Å². The Bertz CT molecular complexity index is 1050. The fraction of sp³-hybridized carbons (Fsp3) is 0.458. The second-order valence-electron chi connectivity index (χ2n) is 9.17. The summed E-state index contributed by atoms with van der Waals surface area (Å²) >= 11 is 1.34. The topological polar surface area (TPSA) is 92.3 Å². The number of likely N-dealkylation sites (tertiary alicyclic amines) is 1. The van der Waals surface area contributed by atoms with Crippen molar-refractivity contribution in [2.75, 3.05) is 5.32 Å². The maximum absolute atomic E-state index is 13.5. The Balaban J connectivity index is 1.41. The monoisotopic (exact) mass is 450 g/mol. The lowest BCUT2D eigenvalue weighted by atomic mass is 9.63. The van der Waals surface area contributed by atoms with Gasteiger partial charge >= 0.3 is 0 Å². The maximum atomic E-state index is 13.5. The summed E-state index contributed by atoms with van der Waals surface area (Å²) in [6, 6.07) is 8.71. The molecule has 2 bridgehead atoms. The molecule has 2 fully saturated rings. The first kappa shape index (κ1) is 21.0. The third-order valence-corrected chi connectivity index (χ3v) is 7.99. The average Bonchev–Trinajstić information content (AvgIpc) is 3.38. The fourth-order valence-corrected chi connectivity index (χ4v) is 6.06. The van der Waals surface area contributed by atoms with E-state index >= 15 is 0 Å². The van der Waals surface area contributed by atoms with E-state index in [-0.39, 0.29) is 53.7 Å². The van der Waals surface area contributed by atoms with Gasteiger partial charge in [-0.25, -0.2) is 0 Å². The van der Waals surface area contributed by atoms with Gasteiger partial charge in [-0.2, -0.15) is 0 Å². The van der Waals surface area contributed by atoms with Crippen LogP contribution in [0.2, 0.25) is 0 Å². The number of benzene rings is 1. The van der Waals surface area contributed by atoms with E-state index in [1.165, 1.54) is 16.2 Å². The molecule has 32 heavy (non-hydrogen) atoms. The quantitative estimate of drug-likeness (QED) is 0.532. The molecule has 2 aromatic rings. The minimum absolute atomic E-state index is 0.0136. The molecule has 166 valence electrons. The molecule has 1 saturated carbocycles. The first-order chi connectivity index (χ1) is 15.4. The molecule has 1 aromatic carbocycles. The van der Waals surface area contributed by atoms with Crippen molar-refractivity contribution in [3.8, 4) is 0 Å². The SMILES string of the molecule is CC(C)c1nnc(NC(=O)CC(c2ccccc2)N2C(=O)C3C4C=CC(CC4)C3C2=O)s1. The highest BCUT2D eigenvalue weighted by Crippen LogP contribution is 2.51. The number of nitrogens with zero attached hydrogens (tertiary/aromatic N) is 3. The number of imide groups is 1. The number of carbonyl (C=O) groups excluding carboxylic acids is 3. The number of hydrogen-bond donors (Lipinski definition) is 1. The minimum Gasteiger partial charge on any atom is -0.300 e. The zero-order valence-electron chi connectivity index (χ0n) is 18.1. The first-order valence-corrected chi connectivity index (χ1v) is 12.0. The molecule has 7 nitrogen and oxygen atoms in total. The summed E-state index contributed by atoms with van der Waals surface area (Å²) in [5.74, 6) is -0.698. The lowest BCUT2D eigenvalue weighted by Crippen LogP contribution is -2.38. The van der Waals surface area contributed by atoms with E-state index in [4.69, 9.17) is 0 Å². The second kappa shape index (κ2) is 8.24. The lowest BCUT2D eigenvalue weighted by molar-refractivity contribution is -0.143. The van der Waals surface area contributed by atoms with Crippen molar-refractivity contribution in [2.24, 2.45) is 23.7 Å². The van der Waals surface area contributed by atoms with E-state index in [0.717, 1.165) is 23.4 Å². The number of allylic oxidation sites excluding steroid dienone is 2. The van der Waals surface area contributed by atoms with Crippen molar-refractivity contribution in [3.05, 3.63) is 53.1 Å². The molecule has 1 aliphatic heterocycles. The van der Waals surface area contributed by atoms with Crippen LogP contribution in [0.5, 0.6) is 0 Å². The van der Waals surface area contributed by atoms with E-state index in [9.17, 15) is 14.4 Å². The van der Waals surface area contributed by atoms with Crippen LogP contribution in [-0.2, 0) is 14.4 Å². The Labute approximate surface area is 190 Å². The molecular formula is C24H26N4O3S. The van der Waals surface area contributed by atoms with Crippen LogP contribution in [0.25, 0.3) is 0 Å². The van der Waals surface area contributed by atoms with Crippen molar-refractivity contribution >= 4 is 34.2 Å². The average molecular weight is 451 g/mol. The van der Waals surface area contributed by atoms with E-state index in [2.05, 4.69) is 27.7 Å². The van der Waals surface area contributed by atoms with Crippen LogP contribution in [-0.4, -0.2) is 32.8 Å². The minimum atomic E-state index is -0.640. The maximum Gasteiger partial charge on any atom is 0.234 e. The van der Waals surface area contributed by atoms with Crippen LogP contribution in [0.15, 0.2) is 42.5 Å². The van der Waals surface area contributed by atoms with Crippen molar-refractivity contribution in [2.45, 2.75) is 45.1 Å². The third kappa shape index (κ3) is 3.56. The van der Waals surface area contributed by atoms with E-state index in [0.29, 0.717) is 5.13 Å². The number of nitrogens with one attached hydrogen (secondary N) is 1. The molecule has 2 heterocycles. The largest absolute Gasteiger partial charge is 0.300 e. The number of aromatic nitrogens is 2. The van der Waals surface area contributed by atoms with Crippen LogP contribution in [0.4, 0.5) is 5.13 Å². The number of anilines is 1. The first-order valence-electron chi connectivity index (χ1n) is 11.2. The van der Waals surface area contributed by atoms with Crippen LogP contribution >= 0.6 is 11.3 Å². The van der Waals surface area contributed by atoms with Crippen molar-refractivity contribution < 1.29 is 14.4 Å². The summed E-state index contributed by atoms with van der Waals surface area (Å²) in [7, 11) is 0. The molecule has 3 amide bonds. The van der Waals surface area contributed by atoms with Gasteiger partial charge in [-0.3, -0.25) is 19.3 Å². The van der Waals surface area contributed by atoms with Gasteiger partial charge in [-0.1, -0.05) is 67.7 Å². The molecule has 4 aliphatic rings. The van der Waals surface area contributed by atoms with Crippen LogP contribution in [0.1, 0.15) is 55.6 Å². The number of carbonyl (C=O) groups is 3. The smallest absolute Gasteiger partial charge is 0.234 e. The molecule has 0 radical (unpaired) electrons. The summed E-state index contributed by atoms with van der Waals surface area (Å²) in [6.45, 7) is 4.03. The van der Waals surface area contributed by atoms with Gasteiger partial charge in [0, 0.05) is 5.92 Å². The lowest BCUT2D eigenvalue weighted by Gasteiger charge is -2.38. The third-order valence-electron chi connectivity index (χ3n) is 6.85. The predicted molar refractivity (Wildman–Crippen MR) is 121 cm³/mol. The van der Waals surface area contributed by atoms with Crippen molar-refractivity contribution in [1.82, 2.24) is 15.1 Å². The Hall–Kier alpha value is -2.87. The Kier molecular flexibility index (Phi) is 5.41. The number of rotatable bonds is 6. The van der Waals surface area contributed by atoms with Gasteiger partial charge in [-0.05, 0) is 30.2 Å². The van der Waals surface area contributed by atoms with Crippen LogP contribution < -0.4 is 5.32 Å². The Morgan fingerprint density at radius 3 is 2.22 bits per heavy atom. The number of hydrogen-bond acceptors (Lipinski definition) is 6. The fourth-order valence-electron chi connectivity index (χ4n) is 5.30. The predicted octanol–water partition coefficient (Wildman–Crippen LogP) is 3.93. The molecule has 0 spiro atoms.